The lowest BCUT2D eigenvalue weighted by atomic mass is 10.2. The summed E-state index contributed by atoms with van der Waals surface area (Å²) in [5.74, 6) is -0.575. The van der Waals surface area contributed by atoms with Crippen LogP contribution in [0.5, 0.6) is 0 Å². The Labute approximate surface area is 172 Å². The number of aliphatic imine (C=N–C) groups is 1. The average molecular weight is 474 g/mol. The van der Waals surface area contributed by atoms with Crippen molar-refractivity contribution in [3.8, 4) is 0 Å². The Morgan fingerprint density at radius 1 is 1.50 bits per heavy atom. The maximum Gasteiger partial charge on any atom is 0.233 e. The second kappa shape index (κ2) is 9.45. The monoisotopic (exact) mass is 473 g/mol. The highest BCUT2D eigenvalue weighted by atomic mass is 79.9. The van der Waals surface area contributed by atoms with Gasteiger partial charge in [-0.2, -0.15) is 0 Å². The Hall–Kier alpha value is -2.02. The smallest absolute Gasteiger partial charge is 0.233 e. The fourth-order valence-corrected chi connectivity index (χ4v) is 3.95. The molecule has 0 spiro atoms. The van der Waals surface area contributed by atoms with Gasteiger partial charge in [0.2, 0.25) is 5.91 Å². The maximum absolute atomic E-state index is 13.4. The van der Waals surface area contributed by atoms with Crippen molar-refractivity contribution in [3.63, 3.8) is 0 Å². The third-order valence-corrected chi connectivity index (χ3v) is 5.71. The molecule has 0 unspecified atom stereocenters. The van der Waals surface area contributed by atoms with Gasteiger partial charge in [-0.3, -0.25) is 15.5 Å². The highest BCUT2D eigenvalue weighted by Gasteiger charge is 2.28. The van der Waals surface area contributed by atoms with E-state index in [1.54, 1.807) is 4.90 Å². The summed E-state index contributed by atoms with van der Waals surface area (Å²) in [5, 5.41) is 26.5. The Kier molecular flexibility index (Phi) is 6.99. The molecule has 3 rings (SSSR count). The van der Waals surface area contributed by atoms with E-state index in [2.05, 4.69) is 31.2 Å². The van der Waals surface area contributed by atoms with E-state index < -0.39 is 5.82 Å². The number of likely N-dealkylation sites (tertiary alicyclic amines) is 1. The first-order chi connectivity index (χ1) is 13.5. The van der Waals surface area contributed by atoms with E-state index in [1.807, 2.05) is 5.48 Å². The number of aliphatic hydroxyl groups excluding tert-OH is 1. The number of hydrogen-bond donors (Lipinski definition) is 3. The van der Waals surface area contributed by atoms with Crippen molar-refractivity contribution in [2.45, 2.75) is 23.9 Å². The van der Waals surface area contributed by atoms with Gasteiger partial charge in [0.25, 0.3) is 0 Å². The maximum atomic E-state index is 13.4. The molecule has 1 aliphatic heterocycles. The van der Waals surface area contributed by atoms with Crippen LogP contribution < -0.4 is 5.48 Å². The first kappa shape index (κ1) is 20.7. The number of amides is 1. The van der Waals surface area contributed by atoms with Gasteiger partial charge in [-0.05, 0) is 57.3 Å². The third-order valence-electron chi connectivity index (χ3n) is 4.17. The zero-order chi connectivity index (χ0) is 20.1. The summed E-state index contributed by atoms with van der Waals surface area (Å²) in [6, 6.07) is 3.92. The van der Waals surface area contributed by atoms with Gasteiger partial charge in [-0.1, -0.05) is 11.8 Å². The number of aromatic nitrogens is 2. The fraction of sp³-hybridized carbons (Fsp3) is 0.375. The van der Waals surface area contributed by atoms with Gasteiger partial charge >= 0.3 is 0 Å². The first-order valence-electron chi connectivity index (χ1n) is 8.33. The largest absolute Gasteiger partial charge is 0.394 e. The summed E-state index contributed by atoms with van der Waals surface area (Å²) < 4.78 is 18.3. The Morgan fingerprint density at radius 3 is 3.04 bits per heavy atom. The third kappa shape index (κ3) is 4.69. The molecule has 2 aromatic rings. The predicted octanol–water partition coefficient (Wildman–Crippen LogP) is 2.10. The number of benzene rings is 1. The van der Waals surface area contributed by atoms with Crippen LogP contribution in [0.2, 0.25) is 0 Å². The van der Waals surface area contributed by atoms with Gasteiger partial charge in [0, 0.05) is 6.54 Å². The van der Waals surface area contributed by atoms with Crippen LogP contribution in [-0.4, -0.2) is 62.2 Å². The zero-order valence-corrected chi connectivity index (χ0v) is 16.9. The van der Waals surface area contributed by atoms with Crippen LogP contribution in [0.4, 0.5) is 10.1 Å². The van der Waals surface area contributed by atoms with E-state index in [4.69, 9.17) is 4.63 Å². The van der Waals surface area contributed by atoms with Gasteiger partial charge in [-0.25, -0.2) is 14.0 Å². The van der Waals surface area contributed by atoms with Crippen LogP contribution >= 0.6 is 27.7 Å². The van der Waals surface area contributed by atoms with Gasteiger partial charge in [0.05, 0.1) is 28.6 Å². The topological polar surface area (TPSA) is 124 Å². The fourth-order valence-electron chi connectivity index (χ4n) is 2.80. The van der Waals surface area contributed by atoms with E-state index in [1.165, 1.54) is 18.2 Å². The lowest BCUT2D eigenvalue weighted by Gasteiger charge is -2.22. The first-order valence-corrected chi connectivity index (χ1v) is 10.1. The summed E-state index contributed by atoms with van der Waals surface area (Å²) in [5.41, 5.74) is 2.38. The van der Waals surface area contributed by atoms with E-state index in [0.29, 0.717) is 12.2 Å². The molecule has 9 nitrogen and oxygen atoms in total. The Balaban J connectivity index is 1.73. The van der Waals surface area contributed by atoms with Crippen molar-refractivity contribution in [2.24, 2.45) is 4.99 Å². The quantitative estimate of drug-likeness (QED) is 0.252. The van der Waals surface area contributed by atoms with Gasteiger partial charge < -0.3 is 10.0 Å². The minimum absolute atomic E-state index is 0.0638. The molecule has 0 radical (unpaired) electrons. The summed E-state index contributed by atoms with van der Waals surface area (Å²) in [6.07, 6.45) is 1.64. The number of carbonyl (C=O) groups is 1. The number of aliphatic hydroxyl groups is 1. The number of hydroxylamine groups is 1. The van der Waals surface area contributed by atoms with E-state index >= 15 is 0 Å². The summed E-state index contributed by atoms with van der Waals surface area (Å²) >= 11 is 4.15. The van der Waals surface area contributed by atoms with Crippen LogP contribution in [0.1, 0.15) is 18.5 Å². The van der Waals surface area contributed by atoms with Crippen molar-refractivity contribution in [3.05, 3.63) is 34.2 Å². The van der Waals surface area contributed by atoms with Crippen molar-refractivity contribution >= 4 is 45.1 Å². The van der Waals surface area contributed by atoms with Crippen LogP contribution in [0.3, 0.4) is 0 Å². The minimum atomic E-state index is -0.446. The second-order valence-electron chi connectivity index (χ2n) is 5.94. The molecule has 1 aromatic heterocycles. The molecule has 28 heavy (non-hydrogen) atoms. The van der Waals surface area contributed by atoms with Gasteiger partial charge in [0.15, 0.2) is 16.6 Å². The van der Waals surface area contributed by atoms with Crippen LogP contribution in [0.25, 0.3) is 0 Å². The number of hydrogen-bond acceptors (Lipinski definition) is 8. The molecule has 3 N–H and O–H groups in total. The minimum Gasteiger partial charge on any atom is -0.394 e. The van der Waals surface area contributed by atoms with Gasteiger partial charge in [0.1, 0.15) is 5.82 Å². The van der Waals surface area contributed by atoms with Crippen molar-refractivity contribution in [1.29, 1.82) is 0 Å². The molecular weight excluding hydrogens is 457 g/mol. The lowest BCUT2D eigenvalue weighted by Crippen LogP contribution is -2.38. The van der Waals surface area contributed by atoms with Crippen LogP contribution in [0.15, 0.2) is 37.3 Å². The molecule has 1 aliphatic rings. The lowest BCUT2D eigenvalue weighted by molar-refractivity contribution is -0.129. The summed E-state index contributed by atoms with van der Waals surface area (Å²) in [6.45, 7) is 0.546. The van der Waals surface area contributed by atoms with E-state index in [0.717, 1.165) is 24.6 Å². The normalized spacial score (nSPS) is 17.2. The van der Waals surface area contributed by atoms with E-state index in [-0.39, 0.29) is 45.3 Å². The molecule has 0 bridgehead atoms. The molecule has 1 aromatic carbocycles. The number of rotatable bonds is 6. The summed E-state index contributed by atoms with van der Waals surface area (Å²) in [4.78, 5) is 18.2. The number of thioether (sulfide) groups is 1. The molecule has 1 fully saturated rings. The Bertz CT molecular complexity index is 880. The number of nitrogens with one attached hydrogen (secondary N) is 1. The van der Waals surface area contributed by atoms with Crippen LogP contribution in [0, 0.1) is 5.82 Å². The van der Waals surface area contributed by atoms with Crippen molar-refractivity contribution in [1.82, 2.24) is 20.7 Å². The molecule has 2 heterocycles. The molecule has 1 atom stereocenters. The predicted molar refractivity (Wildman–Crippen MR) is 102 cm³/mol. The molecule has 1 saturated heterocycles. The number of halogens is 2. The number of carbonyl (C=O) groups excluding carboxylic acids is 1. The molecule has 0 saturated carbocycles. The molecule has 150 valence electrons. The molecule has 12 heteroatoms. The molecule has 1 amide bonds. The van der Waals surface area contributed by atoms with Crippen molar-refractivity contribution in [2.75, 3.05) is 18.9 Å². The van der Waals surface area contributed by atoms with Gasteiger partial charge in [-0.15, -0.1) is 0 Å². The number of amidine groups is 1. The zero-order valence-electron chi connectivity index (χ0n) is 14.5. The Morgan fingerprint density at radius 2 is 2.32 bits per heavy atom. The second-order valence-corrected chi connectivity index (χ2v) is 7.76. The van der Waals surface area contributed by atoms with Crippen molar-refractivity contribution < 1.29 is 24.1 Å². The molecular formula is C16H17BrFN5O4S. The van der Waals surface area contributed by atoms with E-state index in [9.17, 15) is 19.5 Å². The number of nitrogens with zero attached hydrogens (tertiary/aromatic N) is 4. The molecule has 0 aliphatic carbocycles. The highest BCUT2D eigenvalue weighted by molar-refractivity contribution is 9.10. The summed E-state index contributed by atoms with van der Waals surface area (Å²) in [7, 11) is 0. The SMILES string of the molecule is O=C(CSc1nonc1C(=Nc1ccc(F)c(Br)c1)NO)N1CCC[C@@H]1CO. The standard InChI is InChI=1S/C16H17BrFN5O4S/c17-11-6-9(3-4-12(11)18)19-15(20-26)14-16(22-27-21-14)28-8-13(25)23-5-1-2-10(23)7-24/h3-4,6,10,24,26H,1-2,5,7-8H2,(H,19,20)/t10-/m1/s1. The highest BCUT2D eigenvalue weighted by Crippen LogP contribution is 2.25. The van der Waals surface area contributed by atoms with Crippen LogP contribution in [-0.2, 0) is 4.79 Å². The average Bonchev–Trinajstić information content (AvgIpc) is 3.36.